The molecule has 18 heavy (non-hydrogen) atoms. The topological polar surface area (TPSA) is 60.9 Å². The Bertz CT molecular complexity index is 461. The molecule has 1 aromatic heterocycles. The third kappa shape index (κ3) is 2.75. The van der Waals surface area contributed by atoms with Gasteiger partial charge in [0.1, 0.15) is 10.9 Å². The van der Waals surface area contributed by atoms with E-state index in [4.69, 9.17) is 17.3 Å². The summed E-state index contributed by atoms with van der Waals surface area (Å²) in [6.07, 6.45) is 4.99. The van der Waals surface area contributed by atoms with Gasteiger partial charge in [-0.2, -0.15) is 5.10 Å². The van der Waals surface area contributed by atoms with E-state index in [1.807, 2.05) is 6.92 Å². The van der Waals surface area contributed by atoms with Gasteiger partial charge in [0, 0.05) is 31.0 Å². The van der Waals surface area contributed by atoms with E-state index >= 15 is 0 Å². The number of rotatable bonds is 4. The maximum absolute atomic E-state index is 12.1. The van der Waals surface area contributed by atoms with Gasteiger partial charge in [0.25, 0.3) is 0 Å². The second-order valence-electron chi connectivity index (χ2n) is 5.44. The Labute approximate surface area is 112 Å². The number of halogens is 1. The predicted molar refractivity (Wildman–Crippen MR) is 71.7 cm³/mol. The molecule has 0 aliphatic heterocycles. The lowest BCUT2D eigenvalue weighted by Gasteiger charge is -2.22. The molecule has 1 aromatic rings. The smallest absolute Gasteiger partial charge is 0.139 e. The molecule has 1 saturated carbocycles. The first-order chi connectivity index (χ1) is 8.41. The molecule has 1 aliphatic rings. The van der Waals surface area contributed by atoms with E-state index < -0.39 is 0 Å². The van der Waals surface area contributed by atoms with E-state index in [0.717, 1.165) is 36.9 Å². The lowest BCUT2D eigenvalue weighted by atomic mass is 9.90. The number of Topliss-reactive ketones (excluding diaryl/α,β-unsaturated/α-hetero) is 1. The number of nitrogens with zero attached hydrogens (tertiary/aromatic N) is 2. The van der Waals surface area contributed by atoms with Gasteiger partial charge >= 0.3 is 0 Å². The first-order valence-corrected chi connectivity index (χ1v) is 6.78. The van der Waals surface area contributed by atoms with E-state index in [9.17, 15) is 4.79 Å². The lowest BCUT2D eigenvalue weighted by Crippen LogP contribution is -2.39. The van der Waals surface area contributed by atoms with Crippen molar-refractivity contribution in [3.8, 4) is 0 Å². The highest BCUT2D eigenvalue weighted by Crippen LogP contribution is 2.31. The number of aryl methyl sites for hydroxylation is 2. The van der Waals surface area contributed by atoms with Gasteiger partial charge in [0.05, 0.1) is 5.69 Å². The summed E-state index contributed by atoms with van der Waals surface area (Å²) in [5.41, 5.74) is 7.61. The number of nitrogens with two attached hydrogens (primary N) is 1. The number of hydrogen-bond donors (Lipinski definition) is 1. The quantitative estimate of drug-likeness (QED) is 0.911. The average molecular weight is 270 g/mol. The average Bonchev–Trinajstić information content (AvgIpc) is 2.79. The van der Waals surface area contributed by atoms with Crippen LogP contribution in [-0.2, 0) is 18.3 Å². The summed E-state index contributed by atoms with van der Waals surface area (Å²) < 4.78 is 1.60. The van der Waals surface area contributed by atoms with Gasteiger partial charge in [-0.25, -0.2) is 0 Å². The van der Waals surface area contributed by atoms with Crippen LogP contribution in [0.5, 0.6) is 0 Å². The monoisotopic (exact) mass is 269 g/mol. The van der Waals surface area contributed by atoms with Gasteiger partial charge < -0.3 is 5.73 Å². The summed E-state index contributed by atoms with van der Waals surface area (Å²) in [6.45, 7) is 1.88. The Morgan fingerprint density at radius 2 is 2.11 bits per heavy atom. The van der Waals surface area contributed by atoms with Crippen LogP contribution in [0.1, 0.15) is 43.4 Å². The molecule has 5 heteroatoms. The molecule has 1 heterocycles. The van der Waals surface area contributed by atoms with Gasteiger partial charge in [0.2, 0.25) is 0 Å². The summed E-state index contributed by atoms with van der Waals surface area (Å²) in [4.78, 5) is 12.1. The summed E-state index contributed by atoms with van der Waals surface area (Å²) >= 11 is 6.13. The van der Waals surface area contributed by atoms with Crippen molar-refractivity contribution in [2.45, 2.75) is 51.0 Å². The van der Waals surface area contributed by atoms with Crippen molar-refractivity contribution in [1.82, 2.24) is 9.78 Å². The predicted octanol–water partition coefficient (Wildman–Crippen LogP) is 2.16. The Morgan fingerprint density at radius 1 is 1.50 bits per heavy atom. The largest absolute Gasteiger partial charge is 0.325 e. The minimum Gasteiger partial charge on any atom is -0.325 e. The fourth-order valence-corrected chi connectivity index (χ4v) is 3.02. The summed E-state index contributed by atoms with van der Waals surface area (Å²) in [6, 6.07) is 0. The van der Waals surface area contributed by atoms with Crippen LogP contribution in [0.2, 0.25) is 5.15 Å². The van der Waals surface area contributed by atoms with Gasteiger partial charge in [-0.15, -0.1) is 0 Å². The van der Waals surface area contributed by atoms with Crippen LogP contribution in [0.3, 0.4) is 0 Å². The summed E-state index contributed by atoms with van der Waals surface area (Å²) in [5.74, 6) is 0.164. The molecular formula is C13H20ClN3O. The molecule has 100 valence electrons. The number of ketones is 1. The van der Waals surface area contributed by atoms with Crippen LogP contribution in [0, 0.1) is 6.92 Å². The normalized spacial score (nSPS) is 18.2. The van der Waals surface area contributed by atoms with Crippen LogP contribution >= 0.6 is 11.6 Å². The SMILES string of the molecule is Cc1nn(C)c(Cl)c1CC(=O)CC1(N)CCCC1. The highest BCUT2D eigenvalue weighted by molar-refractivity contribution is 6.30. The fourth-order valence-electron chi connectivity index (χ4n) is 2.78. The molecule has 1 aliphatic carbocycles. The number of carbonyl (C=O) groups is 1. The zero-order chi connectivity index (χ0) is 13.3. The third-order valence-electron chi connectivity index (χ3n) is 3.79. The van der Waals surface area contributed by atoms with Crippen LogP contribution in [0.25, 0.3) is 0 Å². The fraction of sp³-hybridized carbons (Fsp3) is 0.692. The molecule has 0 amide bonds. The molecule has 0 aromatic carbocycles. The van der Waals surface area contributed by atoms with E-state index in [1.54, 1.807) is 11.7 Å². The Morgan fingerprint density at radius 3 is 2.61 bits per heavy atom. The van der Waals surface area contributed by atoms with Crippen LogP contribution < -0.4 is 5.73 Å². The van der Waals surface area contributed by atoms with Crippen molar-refractivity contribution < 1.29 is 4.79 Å². The van der Waals surface area contributed by atoms with Crippen molar-refractivity contribution in [2.75, 3.05) is 0 Å². The number of carbonyl (C=O) groups excluding carboxylic acids is 1. The summed E-state index contributed by atoms with van der Waals surface area (Å²) in [5, 5.41) is 4.77. The molecule has 0 spiro atoms. The van der Waals surface area contributed by atoms with Crippen LogP contribution in [0.15, 0.2) is 0 Å². The van der Waals surface area contributed by atoms with E-state index in [1.165, 1.54) is 0 Å². The zero-order valence-corrected chi connectivity index (χ0v) is 11.8. The Kier molecular flexibility index (Phi) is 3.78. The molecule has 0 radical (unpaired) electrons. The van der Waals surface area contributed by atoms with Gasteiger partial charge in [-0.1, -0.05) is 24.4 Å². The molecule has 4 nitrogen and oxygen atoms in total. The summed E-state index contributed by atoms with van der Waals surface area (Å²) in [7, 11) is 1.78. The molecule has 0 bridgehead atoms. The van der Waals surface area contributed by atoms with Crippen LogP contribution in [-0.4, -0.2) is 21.1 Å². The Hall–Kier alpha value is -0.870. The minimum absolute atomic E-state index is 0.164. The first-order valence-electron chi connectivity index (χ1n) is 6.40. The van der Waals surface area contributed by atoms with Crippen LogP contribution in [0.4, 0.5) is 0 Å². The lowest BCUT2D eigenvalue weighted by molar-refractivity contribution is -0.119. The maximum Gasteiger partial charge on any atom is 0.139 e. The molecule has 1 fully saturated rings. The van der Waals surface area contributed by atoms with E-state index in [2.05, 4.69) is 5.10 Å². The van der Waals surface area contributed by atoms with Gasteiger partial charge in [0.15, 0.2) is 0 Å². The highest BCUT2D eigenvalue weighted by atomic mass is 35.5. The third-order valence-corrected chi connectivity index (χ3v) is 4.27. The van der Waals surface area contributed by atoms with E-state index in [-0.39, 0.29) is 11.3 Å². The Balaban J connectivity index is 2.03. The second kappa shape index (κ2) is 5.02. The number of hydrogen-bond acceptors (Lipinski definition) is 3. The van der Waals surface area contributed by atoms with Crippen molar-refractivity contribution in [3.63, 3.8) is 0 Å². The van der Waals surface area contributed by atoms with Crippen molar-refractivity contribution in [3.05, 3.63) is 16.4 Å². The standard InChI is InChI=1S/C13H20ClN3O/c1-9-11(12(14)17(2)16-9)7-10(18)8-13(15)5-3-4-6-13/h3-8,15H2,1-2H3. The van der Waals surface area contributed by atoms with Crippen molar-refractivity contribution >= 4 is 17.4 Å². The van der Waals surface area contributed by atoms with Gasteiger partial charge in [-0.3, -0.25) is 9.48 Å². The highest BCUT2D eigenvalue weighted by Gasteiger charge is 2.32. The molecule has 2 rings (SSSR count). The van der Waals surface area contributed by atoms with Gasteiger partial charge in [-0.05, 0) is 19.8 Å². The first kappa shape index (κ1) is 13.6. The number of aromatic nitrogens is 2. The zero-order valence-electron chi connectivity index (χ0n) is 11.0. The molecule has 0 saturated heterocycles. The van der Waals surface area contributed by atoms with Crippen molar-refractivity contribution in [2.24, 2.45) is 12.8 Å². The van der Waals surface area contributed by atoms with Crippen molar-refractivity contribution in [1.29, 1.82) is 0 Å². The minimum atomic E-state index is -0.278. The molecular weight excluding hydrogens is 250 g/mol. The molecule has 0 unspecified atom stereocenters. The molecule has 2 N–H and O–H groups in total. The maximum atomic E-state index is 12.1. The van der Waals surface area contributed by atoms with E-state index in [0.29, 0.717) is 18.0 Å². The molecule has 0 atom stereocenters. The second-order valence-corrected chi connectivity index (χ2v) is 5.80.